The van der Waals surface area contributed by atoms with Gasteiger partial charge in [-0.05, 0) is 30.7 Å². The second-order valence-electron chi connectivity index (χ2n) is 4.69. The van der Waals surface area contributed by atoms with Crippen LogP contribution in [0.2, 0.25) is 0 Å². The molecule has 0 N–H and O–H groups in total. The molecule has 0 saturated carbocycles. The van der Waals surface area contributed by atoms with Crippen molar-refractivity contribution < 1.29 is 0 Å². The molecule has 0 spiro atoms. The number of aryl methyl sites for hydroxylation is 1. The van der Waals surface area contributed by atoms with Crippen LogP contribution in [0.1, 0.15) is 11.1 Å². The minimum atomic E-state index is 0.814. The zero-order chi connectivity index (χ0) is 13.2. The molecule has 0 aliphatic heterocycles. The van der Waals surface area contributed by atoms with Crippen LogP contribution in [0.15, 0.2) is 54.6 Å². The van der Waals surface area contributed by atoms with Crippen molar-refractivity contribution in [3.63, 3.8) is 0 Å². The summed E-state index contributed by atoms with van der Waals surface area (Å²) in [7, 11) is 0. The minimum absolute atomic E-state index is 0.814. The van der Waals surface area contributed by atoms with Crippen molar-refractivity contribution in [3.05, 3.63) is 65.7 Å². The molecular weight excluding hydrogens is 298 g/mol. The van der Waals surface area contributed by atoms with E-state index in [-0.39, 0.29) is 0 Å². The molecule has 0 bridgehead atoms. The summed E-state index contributed by atoms with van der Waals surface area (Å²) < 4.78 is 0. The number of pyridine rings is 1. The lowest BCUT2D eigenvalue weighted by Gasteiger charge is -2.09. The quantitative estimate of drug-likeness (QED) is 0.600. The van der Waals surface area contributed by atoms with Gasteiger partial charge in [-0.2, -0.15) is 0 Å². The number of halogens is 1. The topological polar surface area (TPSA) is 12.9 Å². The molecule has 2 aromatic carbocycles. The molecule has 3 rings (SSSR count). The molecule has 0 unspecified atom stereocenters. The average Bonchev–Trinajstić information content (AvgIpc) is 2.46. The van der Waals surface area contributed by atoms with Crippen molar-refractivity contribution in [2.75, 3.05) is 0 Å². The highest BCUT2D eigenvalue weighted by atomic mass is 79.9. The van der Waals surface area contributed by atoms with Crippen molar-refractivity contribution in [2.24, 2.45) is 0 Å². The van der Waals surface area contributed by atoms with E-state index in [2.05, 4.69) is 59.3 Å². The highest BCUT2D eigenvalue weighted by Gasteiger charge is 2.08. The highest BCUT2D eigenvalue weighted by molar-refractivity contribution is 9.08. The molecule has 0 amide bonds. The molecule has 3 aromatic rings. The van der Waals surface area contributed by atoms with Gasteiger partial charge < -0.3 is 0 Å². The maximum absolute atomic E-state index is 4.83. The smallest absolute Gasteiger partial charge is 0.0750 e. The van der Waals surface area contributed by atoms with E-state index in [9.17, 15) is 0 Å². The van der Waals surface area contributed by atoms with Crippen LogP contribution >= 0.6 is 15.9 Å². The van der Waals surface area contributed by atoms with Gasteiger partial charge in [-0.1, -0.05) is 57.9 Å². The van der Waals surface area contributed by atoms with Crippen LogP contribution in [0, 0.1) is 6.92 Å². The molecule has 0 fully saturated rings. The molecule has 0 atom stereocenters. The molecule has 0 saturated heterocycles. The van der Waals surface area contributed by atoms with Crippen LogP contribution in [-0.4, -0.2) is 4.98 Å². The van der Waals surface area contributed by atoms with E-state index >= 15 is 0 Å². The van der Waals surface area contributed by atoms with Gasteiger partial charge in [0.05, 0.1) is 11.2 Å². The summed E-state index contributed by atoms with van der Waals surface area (Å²) in [6.07, 6.45) is 0. The van der Waals surface area contributed by atoms with Crippen molar-refractivity contribution in [3.8, 4) is 11.3 Å². The Bertz CT molecular complexity index is 720. The molecule has 94 valence electrons. The first-order chi connectivity index (χ1) is 9.28. The van der Waals surface area contributed by atoms with Gasteiger partial charge in [0.15, 0.2) is 0 Å². The molecule has 1 nitrogen and oxygen atoms in total. The van der Waals surface area contributed by atoms with Crippen LogP contribution in [0.3, 0.4) is 0 Å². The van der Waals surface area contributed by atoms with Gasteiger partial charge >= 0.3 is 0 Å². The molecule has 0 aliphatic carbocycles. The van der Waals surface area contributed by atoms with E-state index in [1.807, 2.05) is 18.2 Å². The minimum Gasteiger partial charge on any atom is -0.247 e. The van der Waals surface area contributed by atoms with Crippen molar-refractivity contribution in [2.45, 2.75) is 12.3 Å². The third kappa shape index (κ3) is 2.41. The summed E-state index contributed by atoms with van der Waals surface area (Å²) in [5, 5.41) is 2.02. The standard InChI is InChI=1S/C17H14BrN/c1-12-7-8-16-14(9-12)10-15(11-18)17(19-16)13-5-3-2-4-6-13/h2-10H,11H2,1H3. The summed E-state index contributed by atoms with van der Waals surface area (Å²) in [6, 6.07) is 19.0. The van der Waals surface area contributed by atoms with Crippen molar-refractivity contribution in [1.29, 1.82) is 0 Å². The third-order valence-electron chi connectivity index (χ3n) is 3.24. The van der Waals surface area contributed by atoms with Crippen LogP contribution in [0.4, 0.5) is 0 Å². The first kappa shape index (κ1) is 12.4. The zero-order valence-corrected chi connectivity index (χ0v) is 12.3. The van der Waals surface area contributed by atoms with Crippen LogP contribution < -0.4 is 0 Å². The predicted molar refractivity (Wildman–Crippen MR) is 84.5 cm³/mol. The number of alkyl halides is 1. The number of aromatic nitrogens is 1. The van der Waals surface area contributed by atoms with Crippen molar-refractivity contribution >= 4 is 26.8 Å². The Hall–Kier alpha value is -1.67. The fraction of sp³-hybridized carbons (Fsp3) is 0.118. The average molecular weight is 312 g/mol. The van der Waals surface area contributed by atoms with Crippen LogP contribution in [-0.2, 0) is 5.33 Å². The summed E-state index contributed by atoms with van der Waals surface area (Å²) in [5.41, 5.74) is 5.77. The molecule has 0 aliphatic rings. The summed E-state index contributed by atoms with van der Waals surface area (Å²) >= 11 is 3.57. The summed E-state index contributed by atoms with van der Waals surface area (Å²) in [5.74, 6) is 0. The van der Waals surface area contributed by atoms with Gasteiger partial charge in [-0.3, -0.25) is 0 Å². The number of hydrogen-bond donors (Lipinski definition) is 0. The summed E-state index contributed by atoms with van der Waals surface area (Å²) in [4.78, 5) is 4.83. The Morgan fingerprint density at radius 2 is 1.79 bits per heavy atom. The number of nitrogens with zero attached hydrogens (tertiary/aromatic N) is 1. The molecular formula is C17H14BrN. The van der Waals surface area contributed by atoms with E-state index in [4.69, 9.17) is 4.98 Å². The van der Waals surface area contributed by atoms with Crippen LogP contribution in [0.5, 0.6) is 0 Å². The van der Waals surface area contributed by atoms with Gasteiger partial charge in [0.2, 0.25) is 0 Å². The molecule has 1 heterocycles. The molecule has 1 aromatic heterocycles. The Kier molecular flexibility index (Phi) is 3.34. The molecule has 19 heavy (non-hydrogen) atoms. The SMILES string of the molecule is Cc1ccc2nc(-c3ccccc3)c(CBr)cc2c1. The maximum Gasteiger partial charge on any atom is 0.0750 e. The maximum atomic E-state index is 4.83. The lowest BCUT2D eigenvalue weighted by Crippen LogP contribution is -1.92. The van der Waals surface area contributed by atoms with E-state index in [1.54, 1.807) is 0 Å². The Balaban J connectivity index is 2.27. The van der Waals surface area contributed by atoms with E-state index in [0.29, 0.717) is 0 Å². The van der Waals surface area contributed by atoms with E-state index in [1.165, 1.54) is 22.1 Å². The lowest BCUT2D eigenvalue weighted by atomic mass is 10.0. The second-order valence-corrected chi connectivity index (χ2v) is 5.25. The van der Waals surface area contributed by atoms with Gasteiger partial charge in [0, 0.05) is 16.3 Å². The molecule has 0 radical (unpaired) electrons. The monoisotopic (exact) mass is 311 g/mol. The zero-order valence-electron chi connectivity index (χ0n) is 10.7. The number of hydrogen-bond acceptors (Lipinski definition) is 1. The summed E-state index contributed by atoms with van der Waals surface area (Å²) in [6.45, 7) is 2.11. The number of fused-ring (bicyclic) bond motifs is 1. The first-order valence-corrected chi connectivity index (χ1v) is 7.42. The third-order valence-corrected chi connectivity index (χ3v) is 3.84. The number of benzene rings is 2. The van der Waals surface area contributed by atoms with Crippen molar-refractivity contribution in [1.82, 2.24) is 4.98 Å². The van der Waals surface area contributed by atoms with Gasteiger partial charge in [0.1, 0.15) is 0 Å². The van der Waals surface area contributed by atoms with E-state index < -0.39 is 0 Å². The predicted octanol–water partition coefficient (Wildman–Crippen LogP) is 5.11. The fourth-order valence-electron chi connectivity index (χ4n) is 2.29. The number of rotatable bonds is 2. The first-order valence-electron chi connectivity index (χ1n) is 6.29. The van der Waals surface area contributed by atoms with Gasteiger partial charge in [-0.15, -0.1) is 0 Å². The van der Waals surface area contributed by atoms with Crippen LogP contribution in [0.25, 0.3) is 22.2 Å². The van der Waals surface area contributed by atoms with Gasteiger partial charge in [0.25, 0.3) is 0 Å². The highest BCUT2D eigenvalue weighted by Crippen LogP contribution is 2.27. The normalized spacial score (nSPS) is 10.8. The second kappa shape index (κ2) is 5.14. The van der Waals surface area contributed by atoms with Gasteiger partial charge in [-0.25, -0.2) is 4.98 Å². The largest absolute Gasteiger partial charge is 0.247 e. The lowest BCUT2D eigenvalue weighted by molar-refractivity contribution is 1.31. The van der Waals surface area contributed by atoms with E-state index in [0.717, 1.165) is 16.5 Å². The Labute approximate surface area is 121 Å². The Morgan fingerprint density at radius 1 is 1.00 bits per heavy atom. The Morgan fingerprint density at radius 3 is 2.53 bits per heavy atom. The molecule has 2 heteroatoms. The fourth-order valence-corrected chi connectivity index (χ4v) is 2.71.